The van der Waals surface area contributed by atoms with Gasteiger partial charge in [-0.25, -0.2) is 0 Å². The lowest BCUT2D eigenvalue weighted by molar-refractivity contribution is -0.149. The smallest absolute Gasteiger partial charge is 0.310 e. The largest absolute Gasteiger partial charge is 0.493 e. The van der Waals surface area contributed by atoms with Gasteiger partial charge in [0.2, 0.25) is 0 Å². The minimum atomic E-state index is -0.101. The molecule has 1 aromatic carbocycles. The Morgan fingerprint density at radius 3 is 2.69 bits per heavy atom. The molecule has 164 valence electrons. The molecule has 1 fully saturated rings. The summed E-state index contributed by atoms with van der Waals surface area (Å²) in [5.74, 6) is 2.17. The van der Waals surface area contributed by atoms with Crippen LogP contribution in [0.3, 0.4) is 0 Å². The molecule has 0 aromatic heterocycles. The molecule has 0 radical (unpaired) electrons. The highest BCUT2D eigenvalue weighted by atomic mass is 127. The molecule has 0 bridgehead atoms. The van der Waals surface area contributed by atoms with E-state index in [2.05, 4.69) is 21.3 Å². The van der Waals surface area contributed by atoms with Crippen LogP contribution in [0.2, 0.25) is 0 Å². The number of esters is 1. The number of carbonyl (C=O) groups is 1. The summed E-state index contributed by atoms with van der Waals surface area (Å²) in [6, 6.07) is 6.01. The number of nitrogens with zero attached hydrogens (tertiary/aromatic N) is 2. The Bertz CT molecular complexity index is 669. The summed E-state index contributed by atoms with van der Waals surface area (Å²) in [5, 5.41) is 3.42. The van der Waals surface area contributed by atoms with Gasteiger partial charge in [0, 0.05) is 26.7 Å². The zero-order valence-electron chi connectivity index (χ0n) is 17.9. The van der Waals surface area contributed by atoms with Gasteiger partial charge in [0.05, 0.1) is 26.7 Å². The van der Waals surface area contributed by atoms with Gasteiger partial charge in [0.15, 0.2) is 17.5 Å². The maximum atomic E-state index is 12.0. The number of piperidine rings is 1. The molecule has 0 aliphatic carbocycles. The number of aryl methyl sites for hydroxylation is 1. The first kappa shape index (κ1) is 25.3. The second-order valence-electron chi connectivity index (χ2n) is 6.80. The molecule has 0 saturated carbocycles. The van der Waals surface area contributed by atoms with E-state index >= 15 is 0 Å². The van der Waals surface area contributed by atoms with Crippen LogP contribution in [-0.2, 0) is 16.0 Å². The molecular weight excluding hydrogens is 485 g/mol. The molecule has 1 aliphatic rings. The molecule has 7 nitrogen and oxygen atoms in total. The summed E-state index contributed by atoms with van der Waals surface area (Å²) in [4.78, 5) is 18.6. The summed E-state index contributed by atoms with van der Waals surface area (Å²) in [7, 11) is 5.07. The molecule has 2 rings (SSSR count). The molecule has 29 heavy (non-hydrogen) atoms. The van der Waals surface area contributed by atoms with Crippen LogP contribution in [0.1, 0.15) is 31.7 Å². The van der Waals surface area contributed by atoms with Crippen molar-refractivity contribution in [3.05, 3.63) is 23.8 Å². The molecule has 1 saturated heterocycles. The number of nitrogens with one attached hydrogen (secondary N) is 1. The molecule has 0 amide bonds. The van der Waals surface area contributed by atoms with Crippen LogP contribution in [0.25, 0.3) is 0 Å². The quantitative estimate of drug-likeness (QED) is 0.187. The fraction of sp³-hybridized carbons (Fsp3) is 0.619. The van der Waals surface area contributed by atoms with Gasteiger partial charge in [-0.2, -0.15) is 0 Å². The van der Waals surface area contributed by atoms with Crippen LogP contribution in [0.15, 0.2) is 23.2 Å². The molecular formula is C21H34IN3O4. The third-order valence-electron chi connectivity index (χ3n) is 4.93. The summed E-state index contributed by atoms with van der Waals surface area (Å²) >= 11 is 0. The first-order valence-electron chi connectivity index (χ1n) is 9.96. The Morgan fingerprint density at radius 2 is 2.03 bits per heavy atom. The Hall–Kier alpha value is -1.71. The van der Waals surface area contributed by atoms with E-state index in [0.717, 1.165) is 56.2 Å². The van der Waals surface area contributed by atoms with Gasteiger partial charge >= 0.3 is 5.97 Å². The second kappa shape index (κ2) is 13.5. The number of halogens is 1. The molecule has 8 heteroatoms. The van der Waals surface area contributed by atoms with Gasteiger partial charge in [-0.05, 0) is 50.3 Å². The van der Waals surface area contributed by atoms with E-state index in [-0.39, 0.29) is 35.9 Å². The molecule has 1 aromatic rings. The minimum Gasteiger partial charge on any atom is -0.493 e. The topological polar surface area (TPSA) is 72.4 Å². The highest BCUT2D eigenvalue weighted by molar-refractivity contribution is 14.0. The number of carbonyl (C=O) groups excluding carboxylic acids is 1. The van der Waals surface area contributed by atoms with Crippen LogP contribution >= 0.6 is 24.0 Å². The summed E-state index contributed by atoms with van der Waals surface area (Å²) in [5.41, 5.74) is 1.20. The number of aliphatic imine (C=N–C) groups is 1. The minimum absolute atomic E-state index is 0. The van der Waals surface area contributed by atoms with Crippen molar-refractivity contribution < 1.29 is 19.0 Å². The lowest BCUT2D eigenvalue weighted by Crippen LogP contribution is -2.48. The van der Waals surface area contributed by atoms with E-state index in [1.807, 2.05) is 19.1 Å². The van der Waals surface area contributed by atoms with Crippen molar-refractivity contribution in [2.24, 2.45) is 10.9 Å². The van der Waals surface area contributed by atoms with Gasteiger partial charge in [0.1, 0.15) is 0 Å². The standard InChI is InChI=1S/C21H33N3O4.HI/c1-5-28-20(25)17-9-7-13-24(15-17)21(22-2)23-12-6-8-16-10-11-18(26-3)19(14-16)27-4;/h10-11,14,17H,5-9,12-13,15H2,1-4H3,(H,22,23);1H. The molecule has 1 atom stereocenters. The van der Waals surface area contributed by atoms with Crippen molar-refractivity contribution in [1.82, 2.24) is 10.2 Å². The predicted molar refractivity (Wildman–Crippen MR) is 126 cm³/mol. The van der Waals surface area contributed by atoms with Gasteiger partial charge in [-0.15, -0.1) is 24.0 Å². The number of methoxy groups -OCH3 is 2. The normalized spacial score (nSPS) is 16.6. The first-order valence-corrected chi connectivity index (χ1v) is 9.96. The summed E-state index contributed by atoms with van der Waals surface area (Å²) < 4.78 is 15.8. The third-order valence-corrected chi connectivity index (χ3v) is 4.93. The first-order chi connectivity index (χ1) is 13.6. The van der Waals surface area contributed by atoms with E-state index in [1.165, 1.54) is 5.56 Å². The van der Waals surface area contributed by atoms with E-state index in [1.54, 1.807) is 21.3 Å². The van der Waals surface area contributed by atoms with Crippen LogP contribution in [-0.4, -0.2) is 64.3 Å². The molecule has 1 unspecified atom stereocenters. The van der Waals surface area contributed by atoms with Crippen molar-refractivity contribution in [2.75, 3.05) is 47.5 Å². The molecule has 0 spiro atoms. The van der Waals surface area contributed by atoms with E-state index in [9.17, 15) is 4.79 Å². The van der Waals surface area contributed by atoms with Crippen molar-refractivity contribution >= 4 is 35.9 Å². The van der Waals surface area contributed by atoms with Crippen molar-refractivity contribution in [3.63, 3.8) is 0 Å². The number of hydrogen-bond donors (Lipinski definition) is 1. The number of hydrogen-bond acceptors (Lipinski definition) is 5. The third kappa shape index (κ3) is 7.56. The number of rotatable bonds is 8. The van der Waals surface area contributed by atoms with Crippen molar-refractivity contribution in [3.8, 4) is 11.5 Å². The Morgan fingerprint density at radius 1 is 1.28 bits per heavy atom. The lowest BCUT2D eigenvalue weighted by atomic mass is 9.98. The number of likely N-dealkylation sites (tertiary alicyclic amines) is 1. The van der Waals surface area contributed by atoms with Crippen molar-refractivity contribution in [2.45, 2.75) is 32.6 Å². The SMILES string of the molecule is CCOC(=O)C1CCCN(C(=NC)NCCCc2ccc(OC)c(OC)c2)C1.I. The van der Waals surface area contributed by atoms with E-state index in [4.69, 9.17) is 14.2 Å². The summed E-state index contributed by atoms with van der Waals surface area (Å²) in [6.45, 7) is 4.65. The average Bonchev–Trinajstić information content (AvgIpc) is 2.73. The Balaban J connectivity index is 0.00000420. The maximum Gasteiger partial charge on any atom is 0.310 e. The second-order valence-corrected chi connectivity index (χ2v) is 6.80. The number of benzene rings is 1. The van der Waals surface area contributed by atoms with Crippen LogP contribution in [0.4, 0.5) is 0 Å². The monoisotopic (exact) mass is 519 g/mol. The van der Waals surface area contributed by atoms with Crippen LogP contribution < -0.4 is 14.8 Å². The number of ether oxygens (including phenoxy) is 3. The highest BCUT2D eigenvalue weighted by Gasteiger charge is 2.28. The van der Waals surface area contributed by atoms with Gasteiger partial charge in [-0.3, -0.25) is 9.79 Å². The van der Waals surface area contributed by atoms with E-state index < -0.39 is 0 Å². The fourth-order valence-electron chi connectivity index (χ4n) is 3.48. The lowest BCUT2D eigenvalue weighted by Gasteiger charge is -2.34. The van der Waals surface area contributed by atoms with E-state index in [0.29, 0.717) is 13.2 Å². The zero-order chi connectivity index (χ0) is 20.4. The predicted octanol–water partition coefficient (Wildman–Crippen LogP) is 3.10. The maximum absolute atomic E-state index is 12.0. The number of guanidine groups is 1. The molecule has 1 heterocycles. The highest BCUT2D eigenvalue weighted by Crippen LogP contribution is 2.27. The zero-order valence-corrected chi connectivity index (χ0v) is 20.2. The van der Waals surface area contributed by atoms with Crippen LogP contribution in [0.5, 0.6) is 11.5 Å². The molecule has 1 N–H and O–H groups in total. The molecule has 1 aliphatic heterocycles. The Labute approximate surface area is 191 Å². The van der Waals surface area contributed by atoms with Crippen molar-refractivity contribution in [1.29, 1.82) is 0 Å². The van der Waals surface area contributed by atoms with Crippen LogP contribution in [0, 0.1) is 5.92 Å². The Kier molecular flexibility index (Phi) is 11.8. The average molecular weight is 519 g/mol. The van der Waals surface area contributed by atoms with Gasteiger partial charge < -0.3 is 24.4 Å². The fourth-order valence-corrected chi connectivity index (χ4v) is 3.48. The van der Waals surface area contributed by atoms with Gasteiger partial charge in [-0.1, -0.05) is 6.07 Å². The summed E-state index contributed by atoms with van der Waals surface area (Å²) in [6.07, 6.45) is 3.74. The van der Waals surface area contributed by atoms with Gasteiger partial charge in [0.25, 0.3) is 0 Å².